The molecular formula is C13H18N2O3Si. The lowest BCUT2D eigenvalue weighted by Gasteiger charge is -2.23. The van der Waals surface area contributed by atoms with Crippen molar-refractivity contribution in [3.05, 3.63) is 41.7 Å². The summed E-state index contributed by atoms with van der Waals surface area (Å²) in [4.78, 5) is 16.5. The predicted molar refractivity (Wildman–Crippen MR) is 73.3 cm³/mol. The molecule has 0 amide bonds. The molecule has 0 aliphatic carbocycles. The first-order valence-electron chi connectivity index (χ1n) is 6.07. The number of hydrogen-bond acceptors (Lipinski definition) is 5. The Balaban J connectivity index is 2.34. The number of pyridine rings is 1. The molecule has 1 aliphatic heterocycles. The molecular weight excluding hydrogens is 260 g/mol. The SMILES string of the molecule is CC1(c2cccnc2)OC(N)=C(O[Si](C)(C)C)C1=O. The topological polar surface area (TPSA) is 74.4 Å². The van der Waals surface area contributed by atoms with Gasteiger partial charge in [0.2, 0.25) is 31.3 Å². The summed E-state index contributed by atoms with van der Waals surface area (Å²) < 4.78 is 11.3. The van der Waals surface area contributed by atoms with Crippen molar-refractivity contribution in [3.8, 4) is 0 Å². The second-order valence-electron chi connectivity index (χ2n) is 5.61. The van der Waals surface area contributed by atoms with Crippen LogP contribution in [0.25, 0.3) is 0 Å². The zero-order valence-electron chi connectivity index (χ0n) is 11.6. The number of hydrogen-bond donors (Lipinski definition) is 1. The van der Waals surface area contributed by atoms with Gasteiger partial charge in [0.15, 0.2) is 0 Å². The van der Waals surface area contributed by atoms with Crippen LogP contribution in [0.1, 0.15) is 12.5 Å². The molecule has 2 N–H and O–H groups in total. The molecule has 0 saturated carbocycles. The van der Waals surface area contributed by atoms with Crippen molar-refractivity contribution in [3.63, 3.8) is 0 Å². The van der Waals surface area contributed by atoms with Gasteiger partial charge in [-0.15, -0.1) is 0 Å². The number of aromatic nitrogens is 1. The van der Waals surface area contributed by atoms with Crippen LogP contribution in [0.3, 0.4) is 0 Å². The highest BCUT2D eigenvalue weighted by atomic mass is 28.4. The predicted octanol–water partition coefficient (Wildman–Crippen LogP) is 1.88. The number of ketones is 1. The van der Waals surface area contributed by atoms with Gasteiger partial charge in [0, 0.05) is 18.0 Å². The largest absolute Gasteiger partial charge is 0.538 e. The minimum Gasteiger partial charge on any atom is -0.538 e. The highest BCUT2D eigenvalue weighted by Gasteiger charge is 2.49. The fourth-order valence-electron chi connectivity index (χ4n) is 1.88. The monoisotopic (exact) mass is 278 g/mol. The number of rotatable bonds is 3. The van der Waals surface area contributed by atoms with Crippen LogP contribution in [0.5, 0.6) is 0 Å². The van der Waals surface area contributed by atoms with Crippen molar-refractivity contribution >= 4 is 14.1 Å². The molecule has 2 rings (SSSR count). The van der Waals surface area contributed by atoms with Gasteiger partial charge in [-0.3, -0.25) is 9.78 Å². The number of carbonyl (C=O) groups excluding carboxylic acids is 1. The number of carbonyl (C=O) groups is 1. The second kappa shape index (κ2) is 4.38. The summed E-state index contributed by atoms with van der Waals surface area (Å²) in [6, 6.07) is 3.54. The third-order valence-corrected chi connectivity index (χ3v) is 3.61. The maximum atomic E-state index is 12.5. The third-order valence-electron chi connectivity index (χ3n) is 2.80. The van der Waals surface area contributed by atoms with Crippen LogP contribution >= 0.6 is 0 Å². The maximum Gasteiger partial charge on any atom is 0.249 e. The van der Waals surface area contributed by atoms with Gasteiger partial charge >= 0.3 is 0 Å². The molecule has 102 valence electrons. The summed E-state index contributed by atoms with van der Waals surface area (Å²) >= 11 is 0. The Morgan fingerprint density at radius 2 is 2.11 bits per heavy atom. The Labute approximate surface area is 113 Å². The summed E-state index contributed by atoms with van der Waals surface area (Å²) in [5, 5.41) is 0. The van der Waals surface area contributed by atoms with Crippen LogP contribution in [0.4, 0.5) is 0 Å². The van der Waals surface area contributed by atoms with Crippen LogP contribution in [0.2, 0.25) is 19.6 Å². The quantitative estimate of drug-likeness (QED) is 0.854. The van der Waals surface area contributed by atoms with E-state index in [-0.39, 0.29) is 17.4 Å². The Kier molecular flexibility index (Phi) is 3.13. The molecule has 1 aromatic heterocycles. The minimum atomic E-state index is -1.92. The molecule has 2 heterocycles. The molecule has 0 saturated heterocycles. The third kappa shape index (κ3) is 2.48. The Morgan fingerprint density at radius 1 is 1.42 bits per heavy atom. The first-order chi connectivity index (χ1) is 8.74. The van der Waals surface area contributed by atoms with Gasteiger partial charge in [-0.05, 0) is 32.6 Å². The highest BCUT2D eigenvalue weighted by molar-refractivity contribution is 6.70. The zero-order chi connectivity index (χ0) is 14.3. The van der Waals surface area contributed by atoms with Gasteiger partial charge in [-0.2, -0.15) is 0 Å². The molecule has 5 nitrogen and oxygen atoms in total. The Morgan fingerprint density at radius 3 is 2.63 bits per heavy atom. The lowest BCUT2D eigenvalue weighted by molar-refractivity contribution is -0.131. The van der Waals surface area contributed by atoms with Crippen LogP contribution < -0.4 is 5.73 Å². The van der Waals surface area contributed by atoms with Crippen molar-refractivity contribution in [1.29, 1.82) is 0 Å². The van der Waals surface area contributed by atoms with Crippen molar-refractivity contribution < 1.29 is 14.0 Å². The molecule has 0 bridgehead atoms. The summed E-state index contributed by atoms with van der Waals surface area (Å²) in [6.45, 7) is 7.64. The molecule has 1 atom stereocenters. The average molecular weight is 278 g/mol. The van der Waals surface area contributed by atoms with Crippen molar-refractivity contribution in [2.45, 2.75) is 32.2 Å². The maximum absolute atomic E-state index is 12.5. The van der Waals surface area contributed by atoms with Crippen LogP contribution in [-0.4, -0.2) is 19.1 Å². The average Bonchev–Trinajstić information content (AvgIpc) is 2.54. The van der Waals surface area contributed by atoms with Crippen molar-refractivity contribution in [2.75, 3.05) is 0 Å². The molecule has 0 radical (unpaired) electrons. The van der Waals surface area contributed by atoms with E-state index in [0.29, 0.717) is 5.56 Å². The van der Waals surface area contributed by atoms with Crippen LogP contribution in [0.15, 0.2) is 36.2 Å². The molecule has 6 heteroatoms. The van der Waals surface area contributed by atoms with Crippen molar-refractivity contribution in [2.24, 2.45) is 5.73 Å². The van der Waals surface area contributed by atoms with E-state index in [4.69, 9.17) is 14.9 Å². The first kappa shape index (κ1) is 13.6. The van der Waals surface area contributed by atoms with Gasteiger partial charge in [0.05, 0.1) is 0 Å². The molecule has 0 spiro atoms. The normalized spacial score (nSPS) is 23.5. The molecule has 0 fully saturated rings. The highest BCUT2D eigenvalue weighted by Crippen LogP contribution is 2.37. The second-order valence-corrected chi connectivity index (χ2v) is 10.0. The smallest absolute Gasteiger partial charge is 0.249 e. The van der Waals surface area contributed by atoms with E-state index < -0.39 is 13.9 Å². The van der Waals surface area contributed by atoms with Gasteiger partial charge in [-0.25, -0.2) is 0 Å². The van der Waals surface area contributed by atoms with Gasteiger partial charge in [-0.1, -0.05) is 6.07 Å². The lowest BCUT2D eigenvalue weighted by atomic mass is 9.93. The summed E-state index contributed by atoms with van der Waals surface area (Å²) in [5.74, 6) is -0.0512. The number of nitrogens with two attached hydrogens (primary N) is 1. The Bertz CT molecular complexity index is 537. The van der Waals surface area contributed by atoms with E-state index in [1.165, 1.54) is 0 Å². The number of ether oxygens (including phenoxy) is 1. The van der Waals surface area contributed by atoms with E-state index >= 15 is 0 Å². The standard InChI is InChI=1S/C13H18N2O3Si/c1-13(9-6-5-7-15-8-9)11(16)10(12(14)17-13)18-19(2,3)4/h5-8H,14H2,1-4H3. The number of nitrogens with zero attached hydrogens (tertiary/aromatic N) is 1. The number of Topliss-reactive ketones (excluding diaryl/α,β-unsaturated/α-hetero) is 1. The lowest BCUT2D eigenvalue weighted by Crippen LogP contribution is -2.34. The molecule has 1 unspecified atom stereocenters. The molecule has 1 aromatic rings. The van der Waals surface area contributed by atoms with E-state index in [0.717, 1.165) is 0 Å². The fraction of sp³-hybridized carbons (Fsp3) is 0.385. The van der Waals surface area contributed by atoms with Gasteiger partial charge in [0.1, 0.15) is 0 Å². The zero-order valence-corrected chi connectivity index (χ0v) is 12.6. The van der Waals surface area contributed by atoms with Crippen molar-refractivity contribution in [1.82, 2.24) is 4.98 Å². The fourth-order valence-corrected chi connectivity index (χ4v) is 2.68. The summed E-state index contributed by atoms with van der Waals surface area (Å²) in [5.41, 5.74) is 5.32. The van der Waals surface area contributed by atoms with E-state index in [1.54, 1.807) is 31.5 Å². The van der Waals surface area contributed by atoms with Crippen LogP contribution in [-0.2, 0) is 19.6 Å². The molecule has 0 aromatic carbocycles. The van der Waals surface area contributed by atoms with Gasteiger partial charge < -0.3 is 14.9 Å². The van der Waals surface area contributed by atoms with Crippen LogP contribution in [0, 0.1) is 0 Å². The van der Waals surface area contributed by atoms with E-state index in [2.05, 4.69) is 4.98 Å². The van der Waals surface area contributed by atoms with E-state index in [1.807, 2.05) is 19.6 Å². The van der Waals surface area contributed by atoms with E-state index in [9.17, 15) is 4.79 Å². The summed E-state index contributed by atoms with van der Waals surface area (Å²) in [7, 11) is -1.92. The molecule has 1 aliphatic rings. The molecule has 19 heavy (non-hydrogen) atoms. The summed E-state index contributed by atoms with van der Waals surface area (Å²) in [6.07, 6.45) is 3.24. The Hall–Kier alpha value is -1.82. The minimum absolute atomic E-state index is 0.0544. The van der Waals surface area contributed by atoms with Gasteiger partial charge in [0.25, 0.3) is 0 Å². The first-order valence-corrected chi connectivity index (χ1v) is 9.48.